The Morgan fingerprint density at radius 3 is 3.00 bits per heavy atom. The Labute approximate surface area is 128 Å². The number of rotatable bonds is 7. The van der Waals surface area contributed by atoms with Gasteiger partial charge in [0.25, 0.3) is 0 Å². The highest BCUT2D eigenvalue weighted by molar-refractivity contribution is 7.99. The Hall–Kier alpha value is -1.04. The van der Waals surface area contributed by atoms with Crippen molar-refractivity contribution in [2.75, 3.05) is 12.8 Å². The minimum atomic E-state index is 0.223. The van der Waals surface area contributed by atoms with Crippen LogP contribution in [0.15, 0.2) is 35.4 Å². The van der Waals surface area contributed by atoms with Crippen molar-refractivity contribution in [3.05, 3.63) is 41.2 Å². The second-order valence-electron chi connectivity index (χ2n) is 4.49. The Morgan fingerprint density at radius 2 is 2.30 bits per heavy atom. The van der Waals surface area contributed by atoms with Crippen LogP contribution < -0.4 is 5.32 Å². The molecule has 0 aliphatic heterocycles. The topological polar surface area (TPSA) is 42.7 Å². The molecule has 0 saturated carbocycles. The lowest BCUT2D eigenvalue weighted by atomic mass is 10.2. The van der Waals surface area contributed by atoms with E-state index < -0.39 is 0 Å². The zero-order chi connectivity index (χ0) is 14.4. The quantitative estimate of drug-likeness (QED) is 0.796. The van der Waals surface area contributed by atoms with Crippen LogP contribution in [0.2, 0.25) is 5.02 Å². The van der Waals surface area contributed by atoms with E-state index in [0.29, 0.717) is 0 Å². The van der Waals surface area contributed by atoms with Gasteiger partial charge in [-0.25, -0.2) is 4.68 Å². The van der Waals surface area contributed by atoms with Crippen molar-refractivity contribution in [3.8, 4) is 0 Å². The number of hydrogen-bond donors (Lipinski definition) is 1. The summed E-state index contributed by atoms with van der Waals surface area (Å²) in [5.74, 6) is 0.911. The Balaban J connectivity index is 2.03. The summed E-state index contributed by atoms with van der Waals surface area (Å²) in [7, 11) is 1.96. The molecule has 1 unspecified atom stereocenters. The Kier molecular flexibility index (Phi) is 5.88. The lowest BCUT2D eigenvalue weighted by molar-refractivity contribution is 0.514. The predicted octanol–water partition coefficient (Wildman–Crippen LogP) is 3.39. The zero-order valence-corrected chi connectivity index (χ0v) is 13.3. The Morgan fingerprint density at radius 1 is 1.45 bits per heavy atom. The van der Waals surface area contributed by atoms with Gasteiger partial charge in [0.15, 0.2) is 0 Å². The van der Waals surface area contributed by atoms with E-state index in [0.717, 1.165) is 29.4 Å². The van der Waals surface area contributed by atoms with Gasteiger partial charge in [-0.2, -0.15) is 0 Å². The molecule has 4 nitrogen and oxygen atoms in total. The van der Waals surface area contributed by atoms with E-state index in [9.17, 15) is 0 Å². The van der Waals surface area contributed by atoms with Crippen LogP contribution in [0.4, 0.5) is 0 Å². The van der Waals surface area contributed by atoms with Gasteiger partial charge in [-0.15, -0.1) is 16.9 Å². The van der Waals surface area contributed by atoms with E-state index in [1.807, 2.05) is 36.1 Å². The Bertz CT molecular complexity index is 543. The molecule has 20 heavy (non-hydrogen) atoms. The average molecular weight is 311 g/mol. The molecule has 0 saturated heterocycles. The molecule has 0 bridgehead atoms. The third-order valence-corrected chi connectivity index (χ3v) is 4.32. The van der Waals surface area contributed by atoms with E-state index in [1.54, 1.807) is 11.8 Å². The zero-order valence-electron chi connectivity index (χ0n) is 11.7. The molecule has 0 aliphatic rings. The number of thioether (sulfide) groups is 1. The van der Waals surface area contributed by atoms with Crippen LogP contribution in [-0.2, 0) is 6.54 Å². The molecule has 6 heteroatoms. The van der Waals surface area contributed by atoms with Crippen molar-refractivity contribution in [2.45, 2.75) is 30.8 Å². The number of nitrogens with zero attached hydrogens (tertiary/aromatic N) is 3. The van der Waals surface area contributed by atoms with Gasteiger partial charge in [-0.3, -0.25) is 0 Å². The molecule has 0 spiro atoms. The number of benzene rings is 1. The first kappa shape index (κ1) is 15.4. The van der Waals surface area contributed by atoms with Gasteiger partial charge in [-0.1, -0.05) is 29.8 Å². The first-order valence-corrected chi connectivity index (χ1v) is 8.05. The van der Waals surface area contributed by atoms with Gasteiger partial charge < -0.3 is 5.32 Å². The molecule has 2 rings (SSSR count). The number of aromatic nitrogens is 3. The largest absolute Gasteiger partial charge is 0.311 e. The van der Waals surface area contributed by atoms with Crippen molar-refractivity contribution >= 4 is 23.4 Å². The van der Waals surface area contributed by atoms with Gasteiger partial charge in [-0.05, 0) is 31.7 Å². The molecule has 0 fully saturated rings. The summed E-state index contributed by atoms with van der Waals surface area (Å²) in [6.45, 7) is 3.04. The van der Waals surface area contributed by atoms with Gasteiger partial charge in [0.1, 0.15) is 0 Å². The minimum absolute atomic E-state index is 0.223. The fourth-order valence-corrected chi connectivity index (χ4v) is 3.31. The monoisotopic (exact) mass is 310 g/mol. The molecule has 1 N–H and O–H groups in total. The van der Waals surface area contributed by atoms with Crippen LogP contribution >= 0.6 is 23.4 Å². The van der Waals surface area contributed by atoms with E-state index >= 15 is 0 Å². The van der Waals surface area contributed by atoms with Gasteiger partial charge in [0, 0.05) is 22.2 Å². The smallest absolute Gasteiger partial charge is 0.0765 e. The van der Waals surface area contributed by atoms with Crippen LogP contribution in [-0.4, -0.2) is 27.8 Å². The minimum Gasteiger partial charge on any atom is -0.311 e. The summed E-state index contributed by atoms with van der Waals surface area (Å²) in [4.78, 5) is 1.17. The van der Waals surface area contributed by atoms with Crippen molar-refractivity contribution in [1.29, 1.82) is 0 Å². The standard InChI is InChI=1S/C14H19ClN4S/c1-3-7-19-14(9-17-18-19)13(16-2)10-20-12-6-4-5-11(15)8-12/h4-6,8-9,13,16H,3,7,10H2,1-2H3. The van der Waals surface area contributed by atoms with Crippen molar-refractivity contribution in [1.82, 2.24) is 20.3 Å². The molecule has 1 atom stereocenters. The number of nitrogens with one attached hydrogen (secondary N) is 1. The fraction of sp³-hybridized carbons (Fsp3) is 0.429. The van der Waals surface area contributed by atoms with Gasteiger partial charge in [0.05, 0.1) is 17.9 Å². The fourth-order valence-electron chi connectivity index (χ4n) is 1.97. The highest BCUT2D eigenvalue weighted by atomic mass is 35.5. The number of aryl methyl sites for hydroxylation is 1. The molecular formula is C14H19ClN4S. The molecule has 1 aromatic heterocycles. The maximum Gasteiger partial charge on any atom is 0.0765 e. The van der Waals surface area contributed by atoms with Crippen LogP contribution in [0.3, 0.4) is 0 Å². The first-order chi connectivity index (χ1) is 9.74. The maximum absolute atomic E-state index is 6.01. The summed E-state index contributed by atoms with van der Waals surface area (Å²) in [6, 6.07) is 8.15. The third-order valence-electron chi connectivity index (χ3n) is 3.00. The van der Waals surface area contributed by atoms with Crippen LogP contribution in [0.1, 0.15) is 25.1 Å². The SMILES string of the molecule is CCCn1nncc1C(CSc1cccc(Cl)c1)NC. The molecular weight excluding hydrogens is 292 g/mol. The highest BCUT2D eigenvalue weighted by Gasteiger charge is 2.15. The lowest BCUT2D eigenvalue weighted by Crippen LogP contribution is -2.22. The van der Waals surface area contributed by atoms with E-state index in [4.69, 9.17) is 11.6 Å². The van der Waals surface area contributed by atoms with Gasteiger partial charge >= 0.3 is 0 Å². The molecule has 1 heterocycles. The van der Waals surface area contributed by atoms with E-state index in [1.165, 1.54) is 4.90 Å². The van der Waals surface area contributed by atoms with Crippen molar-refractivity contribution in [2.24, 2.45) is 0 Å². The second-order valence-corrected chi connectivity index (χ2v) is 6.02. The number of halogens is 1. The summed E-state index contributed by atoms with van der Waals surface area (Å²) in [5, 5.41) is 12.3. The van der Waals surface area contributed by atoms with Crippen LogP contribution in [0, 0.1) is 0 Å². The third kappa shape index (κ3) is 3.98. The highest BCUT2D eigenvalue weighted by Crippen LogP contribution is 2.26. The van der Waals surface area contributed by atoms with Crippen molar-refractivity contribution < 1.29 is 0 Å². The molecule has 2 aromatic rings. The van der Waals surface area contributed by atoms with Crippen LogP contribution in [0.25, 0.3) is 0 Å². The van der Waals surface area contributed by atoms with E-state index in [2.05, 4.69) is 28.6 Å². The maximum atomic E-state index is 6.01. The summed E-state index contributed by atoms with van der Waals surface area (Å²) in [6.07, 6.45) is 2.89. The molecule has 0 amide bonds. The average Bonchev–Trinajstić information content (AvgIpc) is 2.89. The number of hydrogen-bond acceptors (Lipinski definition) is 4. The lowest BCUT2D eigenvalue weighted by Gasteiger charge is -2.16. The molecule has 0 aliphatic carbocycles. The summed E-state index contributed by atoms with van der Waals surface area (Å²) >= 11 is 7.78. The van der Waals surface area contributed by atoms with Crippen LogP contribution in [0.5, 0.6) is 0 Å². The molecule has 108 valence electrons. The molecule has 0 radical (unpaired) electrons. The van der Waals surface area contributed by atoms with Crippen molar-refractivity contribution in [3.63, 3.8) is 0 Å². The molecule has 1 aromatic carbocycles. The van der Waals surface area contributed by atoms with Gasteiger partial charge in [0.2, 0.25) is 0 Å². The first-order valence-electron chi connectivity index (χ1n) is 6.68. The van der Waals surface area contributed by atoms with E-state index in [-0.39, 0.29) is 6.04 Å². The summed E-state index contributed by atoms with van der Waals surface area (Å²) < 4.78 is 1.97. The summed E-state index contributed by atoms with van der Waals surface area (Å²) in [5.41, 5.74) is 1.13. The second kappa shape index (κ2) is 7.67. The normalized spacial score (nSPS) is 12.6. The predicted molar refractivity (Wildman–Crippen MR) is 84.3 cm³/mol.